The third-order valence-corrected chi connectivity index (χ3v) is 3.15. The Morgan fingerprint density at radius 3 is 2.93 bits per heavy atom. The van der Waals surface area contributed by atoms with Crippen LogP contribution in [0.2, 0.25) is 0 Å². The van der Waals surface area contributed by atoms with Crippen LogP contribution < -0.4 is 0 Å². The van der Waals surface area contributed by atoms with E-state index in [2.05, 4.69) is 13.0 Å². The molecule has 0 aliphatic heterocycles. The number of ketones is 1. The van der Waals surface area contributed by atoms with E-state index in [1.54, 1.807) is 0 Å². The molecule has 14 heavy (non-hydrogen) atoms. The van der Waals surface area contributed by atoms with E-state index in [1.165, 1.54) is 5.56 Å². The van der Waals surface area contributed by atoms with E-state index >= 15 is 0 Å². The Bertz CT molecular complexity index is 341. The fraction of sp³-hybridized carbons (Fsp3) is 0.462. The molecular weight excluding hydrogens is 172 g/mol. The van der Waals surface area contributed by atoms with Gasteiger partial charge in [-0.1, -0.05) is 31.2 Å². The van der Waals surface area contributed by atoms with Crippen LogP contribution in [-0.2, 0) is 6.42 Å². The standard InChI is InChI=1S/C13H16O/c1-2-10-7-5-8-11-6-3-4-9-12(11)13(10)14/h3-4,6,9-10H,2,5,7-8H2,1H3. The van der Waals surface area contributed by atoms with Crippen LogP contribution in [0.1, 0.15) is 42.1 Å². The van der Waals surface area contributed by atoms with Crippen molar-refractivity contribution in [1.82, 2.24) is 0 Å². The zero-order chi connectivity index (χ0) is 9.97. The highest BCUT2D eigenvalue weighted by molar-refractivity contribution is 5.99. The summed E-state index contributed by atoms with van der Waals surface area (Å²) >= 11 is 0. The average molecular weight is 188 g/mol. The van der Waals surface area contributed by atoms with Crippen molar-refractivity contribution in [2.45, 2.75) is 32.6 Å². The zero-order valence-corrected chi connectivity index (χ0v) is 8.62. The first-order valence-corrected chi connectivity index (χ1v) is 5.45. The smallest absolute Gasteiger partial charge is 0.166 e. The third-order valence-electron chi connectivity index (χ3n) is 3.15. The summed E-state index contributed by atoms with van der Waals surface area (Å²) in [5.74, 6) is 0.624. The topological polar surface area (TPSA) is 17.1 Å². The second kappa shape index (κ2) is 3.95. The van der Waals surface area contributed by atoms with E-state index in [-0.39, 0.29) is 5.92 Å². The maximum absolute atomic E-state index is 12.1. The number of fused-ring (bicyclic) bond motifs is 1. The molecule has 1 aliphatic rings. The van der Waals surface area contributed by atoms with Crippen molar-refractivity contribution in [3.05, 3.63) is 35.4 Å². The van der Waals surface area contributed by atoms with Crippen LogP contribution in [0.4, 0.5) is 0 Å². The van der Waals surface area contributed by atoms with Gasteiger partial charge in [-0.05, 0) is 31.2 Å². The molecule has 1 heteroatoms. The lowest BCUT2D eigenvalue weighted by molar-refractivity contribution is 0.0913. The molecule has 0 amide bonds. The fourth-order valence-corrected chi connectivity index (χ4v) is 2.26. The van der Waals surface area contributed by atoms with E-state index in [4.69, 9.17) is 0 Å². The summed E-state index contributed by atoms with van der Waals surface area (Å²) in [6.07, 6.45) is 4.26. The Morgan fingerprint density at radius 2 is 2.14 bits per heavy atom. The predicted molar refractivity (Wildman–Crippen MR) is 57.5 cm³/mol. The lowest BCUT2D eigenvalue weighted by Gasteiger charge is -2.10. The largest absolute Gasteiger partial charge is 0.294 e. The highest BCUT2D eigenvalue weighted by Gasteiger charge is 2.23. The van der Waals surface area contributed by atoms with Gasteiger partial charge in [0.2, 0.25) is 0 Å². The highest BCUT2D eigenvalue weighted by Crippen LogP contribution is 2.26. The number of aryl methyl sites for hydroxylation is 1. The molecule has 0 N–H and O–H groups in total. The molecule has 0 saturated carbocycles. The van der Waals surface area contributed by atoms with Crippen LogP contribution >= 0.6 is 0 Å². The second-order valence-electron chi connectivity index (χ2n) is 4.02. The minimum atomic E-state index is 0.263. The summed E-state index contributed by atoms with van der Waals surface area (Å²) in [4.78, 5) is 12.1. The average Bonchev–Trinajstić information content (AvgIpc) is 2.39. The fourth-order valence-electron chi connectivity index (χ4n) is 2.26. The monoisotopic (exact) mass is 188 g/mol. The van der Waals surface area contributed by atoms with Crippen LogP contribution in [0.3, 0.4) is 0 Å². The summed E-state index contributed by atoms with van der Waals surface area (Å²) in [6, 6.07) is 8.06. The summed E-state index contributed by atoms with van der Waals surface area (Å²) in [7, 11) is 0. The van der Waals surface area contributed by atoms with Crippen molar-refractivity contribution in [2.75, 3.05) is 0 Å². The normalized spacial score (nSPS) is 21.5. The molecular formula is C13H16O. The van der Waals surface area contributed by atoms with Crippen molar-refractivity contribution in [1.29, 1.82) is 0 Å². The maximum atomic E-state index is 12.1. The van der Waals surface area contributed by atoms with Gasteiger partial charge in [-0.25, -0.2) is 0 Å². The first kappa shape index (κ1) is 9.45. The van der Waals surface area contributed by atoms with Crippen LogP contribution in [0.5, 0.6) is 0 Å². The molecule has 1 aromatic carbocycles. The van der Waals surface area contributed by atoms with Crippen LogP contribution in [0.25, 0.3) is 0 Å². The van der Waals surface area contributed by atoms with Crippen molar-refractivity contribution in [3.8, 4) is 0 Å². The van der Waals surface area contributed by atoms with Gasteiger partial charge in [0.15, 0.2) is 5.78 Å². The van der Waals surface area contributed by atoms with Gasteiger partial charge in [0.1, 0.15) is 0 Å². The van der Waals surface area contributed by atoms with Gasteiger partial charge < -0.3 is 0 Å². The van der Waals surface area contributed by atoms with E-state index in [9.17, 15) is 4.79 Å². The molecule has 0 aromatic heterocycles. The zero-order valence-electron chi connectivity index (χ0n) is 8.62. The molecule has 1 nitrogen and oxygen atoms in total. The van der Waals surface area contributed by atoms with E-state index in [0.29, 0.717) is 5.78 Å². The van der Waals surface area contributed by atoms with Gasteiger partial charge >= 0.3 is 0 Å². The van der Waals surface area contributed by atoms with Crippen LogP contribution in [0, 0.1) is 5.92 Å². The first-order valence-electron chi connectivity index (χ1n) is 5.45. The quantitative estimate of drug-likeness (QED) is 0.618. The molecule has 0 saturated heterocycles. The number of benzene rings is 1. The molecule has 0 heterocycles. The molecule has 0 bridgehead atoms. The number of Topliss-reactive ketones (excluding diaryl/α,β-unsaturated/α-hetero) is 1. The van der Waals surface area contributed by atoms with Gasteiger partial charge in [0, 0.05) is 11.5 Å². The number of carbonyl (C=O) groups excluding carboxylic acids is 1. The summed E-state index contributed by atoms with van der Waals surface area (Å²) in [6.45, 7) is 2.11. The van der Waals surface area contributed by atoms with Crippen LogP contribution in [-0.4, -0.2) is 5.78 Å². The molecule has 1 atom stereocenters. The minimum absolute atomic E-state index is 0.263. The van der Waals surface area contributed by atoms with Crippen LogP contribution in [0.15, 0.2) is 24.3 Å². The molecule has 1 aromatic rings. The minimum Gasteiger partial charge on any atom is -0.294 e. The summed E-state index contributed by atoms with van der Waals surface area (Å²) in [5.41, 5.74) is 2.21. The highest BCUT2D eigenvalue weighted by atomic mass is 16.1. The molecule has 1 aliphatic carbocycles. The third kappa shape index (κ3) is 1.59. The molecule has 0 fully saturated rings. The number of carbonyl (C=O) groups is 1. The SMILES string of the molecule is CCC1CCCc2ccccc2C1=O. The lowest BCUT2D eigenvalue weighted by atomic mass is 9.93. The van der Waals surface area contributed by atoms with Gasteiger partial charge in [-0.2, -0.15) is 0 Å². The molecule has 1 unspecified atom stereocenters. The van der Waals surface area contributed by atoms with E-state index in [0.717, 1.165) is 31.2 Å². The summed E-state index contributed by atoms with van der Waals surface area (Å²) < 4.78 is 0. The number of hydrogen-bond donors (Lipinski definition) is 0. The van der Waals surface area contributed by atoms with Gasteiger partial charge in [-0.15, -0.1) is 0 Å². The Balaban J connectivity index is 2.40. The van der Waals surface area contributed by atoms with E-state index < -0.39 is 0 Å². The Hall–Kier alpha value is -1.11. The van der Waals surface area contributed by atoms with Crippen molar-refractivity contribution in [2.24, 2.45) is 5.92 Å². The molecule has 0 radical (unpaired) electrons. The Morgan fingerprint density at radius 1 is 1.36 bits per heavy atom. The number of hydrogen-bond acceptors (Lipinski definition) is 1. The Kier molecular flexibility index (Phi) is 2.67. The van der Waals surface area contributed by atoms with Gasteiger partial charge in [0.25, 0.3) is 0 Å². The van der Waals surface area contributed by atoms with Crippen molar-refractivity contribution < 1.29 is 4.79 Å². The van der Waals surface area contributed by atoms with E-state index in [1.807, 2.05) is 18.2 Å². The van der Waals surface area contributed by atoms with Gasteiger partial charge in [0.05, 0.1) is 0 Å². The maximum Gasteiger partial charge on any atom is 0.166 e. The number of rotatable bonds is 1. The second-order valence-corrected chi connectivity index (χ2v) is 4.02. The lowest BCUT2D eigenvalue weighted by Crippen LogP contribution is -2.12. The summed E-state index contributed by atoms with van der Waals surface area (Å²) in [5, 5.41) is 0. The predicted octanol–water partition coefficient (Wildman–Crippen LogP) is 3.23. The Labute approximate surface area is 85.1 Å². The molecule has 74 valence electrons. The van der Waals surface area contributed by atoms with Gasteiger partial charge in [-0.3, -0.25) is 4.79 Å². The van der Waals surface area contributed by atoms with Crippen molar-refractivity contribution >= 4 is 5.78 Å². The first-order chi connectivity index (χ1) is 6.83. The van der Waals surface area contributed by atoms with Crippen molar-refractivity contribution in [3.63, 3.8) is 0 Å². The molecule has 0 spiro atoms. The molecule has 2 rings (SSSR count).